The minimum Gasteiger partial charge on any atom is -0.450 e. The summed E-state index contributed by atoms with van der Waals surface area (Å²) in [6.45, 7) is 4.23. The molecule has 1 fully saturated rings. The maximum absolute atomic E-state index is 11.7. The number of benzene rings is 1. The second-order valence-electron chi connectivity index (χ2n) is 6.48. The number of amides is 1. The number of aliphatic imine (C=N–C) groups is 1. The van der Waals surface area contributed by atoms with E-state index in [0.717, 1.165) is 24.8 Å². The van der Waals surface area contributed by atoms with E-state index in [1.165, 1.54) is 10.9 Å². The molecule has 27 heavy (non-hydrogen) atoms. The monoisotopic (exact) mass is 485 g/mol. The zero-order valence-corrected chi connectivity index (χ0v) is 17.9. The second kappa shape index (κ2) is 10.4. The van der Waals surface area contributed by atoms with Gasteiger partial charge in [0, 0.05) is 42.8 Å². The van der Waals surface area contributed by atoms with E-state index in [9.17, 15) is 4.79 Å². The second-order valence-corrected chi connectivity index (χ2v) is 6.48. The molecule has 4 N–H and O–H groups in total. The van der Waals surface area contributed by atoms with Gasteiger partial charge in [0.05, 0.1) is 6.61 Å². The molecule has 1 aromatic heterocycles. The normalized spacial score (nSPS) is 15.4. The molecule has 3 rings (SSSR count). The molecule has 2 aromatic rings. The van der Waals surface area contributed by atoms with Crippen molar-refractivity contribution in [1.29, 1.82) is 0 Å². The van der Waals surface area contributed by atoms with E-state index in [0.29, 0.717) is 32.2 Å². The van der Waals surface area contributed by atoms with Crippen molar-refractivity contribution < 1.29 is 9.53 Å². The summed E-state index contributed by atoms with van der Waals surface area (Å²) in [7, 11) is 0. The number of aromatic amines is 1. The first kappa shape index (κ1) is 21.3. The fourth-order valence-corrected chi connectivity index (χ4v) is 3.31. The molecule has 0 spiro atoms. The Bertz CT molecular complexity index is 768. The number of likely N-dealkylation sites (tertiary alicyclic amines) is 1. The van der Waals surface area contributed by atoms with Crippen LogP contribution >= 0.6 is 24.0 Å². The summed E-state index contributed by atoms with van der Waals surface area (Å²) in [5.74, 6) is 0.472. The number of piperidine rings is 1. The lowest BCUT2D eigenvalue weighted by atomic mass is 10.1. The average molecular weight is 485 g/mol. The van der Waals surface area contributed by atoms with Crippen LogP contribution in [-0.2, 0) is 11.2 Å². The van der Waals surface area contributed by atoms with Gasteiger partial charge in [-0.3, -0.25) is 4.99 Å². The molecule has 0 atom stereocenters. The van der Waals surface area contributed by atoms with Gasteiger partial charge in [-0.1, -0.05) is 18.2 Å². The number of carbonyl (C=O) groups is 1. The molecule has 0 unspecified atom stereocenters. The Morgan fingerprint density at radius 2 is 2.11 bits per heavy atom. The zero-order chi connectivity index (χ0) is 18.4. The molecular formula is C19H28IN5O2. The van der Waals surface area contributed by atoms with Gasteiger partial charge in [-0.25, -0.2) is 4.79 Å². The van der Waals surface area contributed by atoms with Crippen molar-refractivity contribution in [2.75, 3.05) is 26.2 Å². The number of H-pyrrole nitrogens is 1. The largest absolute Gasteiger partial charge is 0.450 e. The molecule has 8 heteroatoms. The number of nitrogens with one attached hydrogen (secondary N) is 2. The van der Waals surface area contributed by atoms with E-state index < -0.39 is 0 Å². The Hall–Kier alpha value is -1.97. The number of ether oxygens (including phenoxy) is 1. The van der Waals surface area contributed by atoms with Crippen LogP contribution in [0, 0.1) is 0 Å². The van der Waals surface area contributed by atoms with Crippen molar-refractivity contribution in [3.05, 3.63) is 36.0 Å². The van der Waals surface area contributed by atoms with Crippen LogP contribution in [0.25, 0.3) is 10.9 Å². The van der Waals surface area contributed by atoms with Crippen LogP contribution in [0.1, 0.15) is 25.3 Å². The number of hydrogen-bond acceptors (Lipinski definition) is 3. The summed E-state index contributed by atoms with van der Waals surface area (Å²) in [5.41, 5.74) is 8.42. The highest BCUT2D eigenvalue weighted by molar-refractivity contribution is 14.0. The van der Waals surface area contributed by atoms with Crippen LogP contribution in [0.2, 0.25) is 0 Å². The average Bonchev–Trinajstić information content (AvgIpc) is 3.06. The molecule has 1 amide bonds. The third-order valence-electron chi connectivity index (χ3n) is 4.71. The van der Waals surface area contributed by atoms with Crippen LogP contribution in [0.5, 0.6) is 0 Å². The quantitative estimate of drug-likeness (QED) is 0.345. The van der Waals surface area contributed by atoms with E-state index in [4.69, 9.17) is 10.5 Å². The van der Waals surface area contributed by atoms with Crippen molar-refractivity contribution in [2.45, 2.75) is 32.2 Å². The predicted molar refractivity (Wildman–Crippen MR) is 119 cm³/mol. The molecule has 1 aliphatic rings. The van der Waals surface area contributed by atoms with Gasteiger partial charge in [-0.15, -0.1) is 24.0 Å². The van der Waals surface area contributed by atoms with Crippen molar-refractivity contribution >= 4 is 46.9 Å². The number of nitrogens with two attached hydrogens (primary N) is 1. The lowest BCUT2D eigenvalue weighted by Crippen LogP contribution is -2.48. The predicted octanol–water partition coefficient (Wildman–Crippen LogP) is 2.85. The van der Waals surface area contributed by atoms with Crippen molar-refractivity contribution in [1.82, 2.24) is 15.2 Å². The van der Waals surface area contributed by atoms with Gasteiger partial charge < -0.3 is 25.7 Å². The summed E-state index contributed by atoms with van der Waals surface area (Å²) >= 11 is 0. The molecule has 148 valence electrons. The molecular weight excluding hydrogens is 457 g/mol. The topological polar surface area (TPSA) is 95.7 Å². The summed E-state index contributed by atoms with van der Waals surface area (Å²) in [4.78, 5) is 21.2. The smallest absolute Gasteiger partial charge is 0.409 e. The van der Waals surface area contributed by atoms with E-state index >= 15 is 0 Å². The molecule has 7 nitrogen and oxygen atoms in total. The summed E-state index contributed by atoms with van der Waals surface area (Å²) in [6, 6.07) is 8.50. The highest BCUT2D eigenvalue weighted by Crippen LogP contribution is 2.18. The Labute approximate surface area is 176 Å². The number of guanidine groups is 1. The third-order valence-corrected chi connectivity index (χ3v) is 4.71. The number of rotatable bonds is 5. The number of aromatic nitrogens is 1. The number of hydrogen-bond donors (Lipinski definition) is 3. The molecule has 2 heterocycles. The van der Waals surface area contributed by atoms with E-state index in [-0.39, 0.29) is 36.1 Å². The standard InChI is InChI=1S/C19H27N5O2.HI/c1-2-26-19(25)24-11-8-15(9-12-24)23-18(20)21-10-7-14-13-22-17-6-4-3-5-16(14)17;/h3-6,13,15,22H,2,7-12H2,1H3,(H3,20,21,23);1H. The van der Waals surface area contributed by atoms with Gasteiger partial charge in [0.2, 0.25) is 0 Å². The van der Waals surface area contributed by atoms with Crippen molar-refractivity contribution in [3.8, 4) is 0 Å². The van der Waals surface area contributed by atoms with Crippen LogP contribution in [0.3, 0.4) is 0 Å². The van der Waals surface area contributed by atoms with Gasteiger partial charge in [-0.2, -0.15) is 0 Å². The van der Waals surface area contributed by atoms with Crippen molar-refractivity contribution in [2.24, 2.45) is 10.7 Å². The first-order valence-corrected chi connectivity index (χ1v) is 9.20. The van der Waals surface area contributed by atoms with Gasteiger partial charge in [0.1, 0.15) is 0 Å². The Balaban J connectivity index is 0.00000261. The van der Waals surface area contributed by atoms with Crippen LogP contribution < -0.4 is 11.1 Å². The molecule has 1 aromatic carbocycles. The number of nitrogens with zero attached hydrogens (tertiary/aromatic N) is 2. The van der Waals surface area contributed by atoms with Gasteiger partial charge >= 0.3 is 6.09 Å². The summed E-state index contributed by atoms with van der Waals surface area (Å²) in [5, 5.41) is 4.51. The van der Waals surface area contributed by atoms with E-state index in [2.05, 4.69) is 27.4 Å². The lowest BCUT2D eigenvalue weighted by Gasteiger charge is -2.31. The Morgan fingerprint density at radius 3 is 2.85 bits per heavy atom. The highest BCUT2D eigenvalue weighted by atomic mass is 127. The minimum atomic E-state index is -0.230. The summed E-state index contributed by atoms with van der Waals surface area (Å²) < 4.78 is 5.03. The SMILES string of the molecule is CCOC(=O)N1CCC(NC(N)=NCCc2c[nH]c3ccccc23)CC1.I. The Kier molecular flexibility index (Phi) is 8.21. The summed E-state index contributed by atoms with van der Waals surface area (Å²) in [6.07, 6.45) is 4.34. The number of halogens is 1. The fraction of sp³-hybridized carbons (Fsp3) is 0.474. The number of carbonyl (C=O) groups excluding carboxylic acids is 1. The highest BCUT2D eigenvalue weighted by Gasteiger charge is 2.23. The van der Waals surface area contributed by atoms with Crippen LogP contribution in [0.15, 0.2) is 35.5 Å². The molecule has 1 aliphatic heterocycles. The van der Waals surface area contributed by atoms with Crippen LogP contribution in [-0.4, -0.2) is 54.2 Å². The molecule has 0 aliphatic carbocycles. The Morgan fingerprint density at radius 1 is 1.37 bits per heavy atom. The zero-order valence-electron chi connectivity index (χ0n) is 15.6. The van der Waals surface area contributed by atoms with Gasteiger partial charge in [-0.05, 0) is 37.8 Å². The number of para-hydroxylation sites is 1. The first-order chi connectivity index (χ1) is 12.7. The molecule has 0 bridgehead atoms. The van der Waals surface area contributed by atoms with E-state index in [1.54, 1.807) is 4.90 Å². The minimum absolute atomic E-state index is 0. The third kappa shape index (κ3) is 5.75. The molecule has 1 saturated heterocycles. The molecule has 0 saturated carbocycles. The first-order valence-electron chi connectivity index (χ1n) is 9.20. The maximum Gasteiger partial charge on any atom is 0.409 e. The maximum atomic E-state index is 11.7. The lowest BCUT2D eigenvalue weighted by molar-refractivity contribution is 0.0963. The van der Waals surface area contributed by atoms with Gasteiger partial charge in [0.25, 0.3) is 0 Å². The van der Waals surface area contributed by atoms with Crippen molar-refractivity contribution in [3.63, 3.8) is 0 Å². The fourth-order valence-electron chi connectivity index (χ4n) is 3.31. The van der Waals surface area contributed by atoms with Gasteiger partial charge in [0.15, 0.2) is 5.96 Å². The van der Waals surface area contributed by atoms with Crippen LogP contribution in [0.4, 0.5) is 4.79 Å². The van der Waals surface area contributed by atoms with E-state index in [1.807, 2.05) is 25.3 Å². The number of fused-ring (bicyclic) bond motifs is 1. The molecule has 0 radical (unpaired) electrons.